The summed E-state index contributed by atoms with van der Waals surface area (Å²) < 4.78 is 6.13. The first-order valence-corrected chi connectivity index (χ1v) is 5.40. The molecule has 0 aliphatic rings. The van der Waals surface area contributed by atoms with Crippen LogP contribution >= 0.6 is 0 Å². The molecule has 7 nitrogen and oxygen atoms in total. The molecule has 19 heavy (non-hydrogen) atoms. The van der Waals surface area contributed by atoms with Crippen molar-refractivity contribution in [2.75, 3.05) is 7.11 Å². The Bertz CT molecular complexity index is 649. The van der Waals surface area contributed by atoms with Gasteiger partial charge in [-0.15, -0.1) is 5.10 Å². The van der Waals surface area contributed by atoms with E-state index in [2.05, 4.69) is 10.1 Å². The molecular formula is C12H11N3O4. The first-order valence-electron chi connectivity index (χ1n) is 5.40. The van der Waals surface area contributed by atoms with Gasteiger partial charge in [0.15, 0.2) is 0 Å². The highest BCUT2D eigenvalue weighted by Crippen LogP contribution is 2.03. The molecule has 0 atom stereocenters. The molecule has 0 saturated carbocycles. The molecule has 0 fully saturated rings. The van der Waals surface area contributed by atoms with Gasteiger partial charge in [-0.2, -0.15) is 0 Å². The van der Waals surface area contributed by atoms with E-state index in [-0.39, 0.29) is 17.7 Å². The lowest BCUT2D eigenvalue weighted by Crippen LogP contribution is -2.23. The van der Waals surface area contributed by atoms with Gasteiger partial charge in [0.2, 0.25) is 5.88 Å². The van der Waals surface area contributed by atoms with Crippen molar-refractivity contribution >= 4 is 5.97 Å². The zero-order valence-electron chi connectivity index (χ0n) is 10.1. The zero-order valence-corrected chi connectivity index (χ0v) is 10.1. The first-order chi connectivity index (χ1) is 9.10. The lowest BCUT2D eigenvalue weighted by molar-refractivity contribution is 0.0696. The summed E-state index contributed by atoms with van der Waals surface area (Å²) in [4.78, 5) is 26.2. The molecule has 0 aliphatic heterocycles. The highest BCUT2D eigenvalue weighted by Gasteiger charge is 2.05. The van der Waals surface area contributed by atoms with E-state index < -0.39 is 5.97 Å². The fourth-order valence-corrected chi connectivity index (χ4v) is 1.45. The summed E-state index contributed by atoms with van der Waals surface area (Å²) in [5.74, 6) is -0.725. The van der Waals surface area contributed by atoms with Gasteiger partial charge in [0, 0.05) is 18.3 Å². The van der Waals surface area contributed by atoms with Crippen molar-refractivity contribution in [1.82, 2.24) is 14.8 Å². The molecule has 2 aromatic heterocycles. The highest BCUT2D eigenvalue weighted by molar-refractivity contribution is 5.87. The van der Waals surface area contributed by atoms with Crippen LogP contribution < -0.4 is 10.3 Å². The molecule has 0 aliphatic carbocycles. The fourth-order valence-electron chi connectivity index (χ4n) is 1.45. The summed E-state index contributed by atoms with van der Waals surface area (Å²) in [7, 11) is 1.46. The molecule has 0 amide bonds. The maximum Gasteiger partial charge on any atom is 0.337 e. The predicted molar refractivity (Wildman–Crippen MR) is 65.3 cm³/mol. The van der Waals surface area contributed by atoms with Gasteiger partial charge in [0.25, 0.3) is 5.56 Å². The molecule has 0 saturated heterocycles. The molecule has 2 heterocycles. The Hall–Kier alpha value is -2.70. The summed E-state index contributed by atoms with van der Waals surface area (Å²) in [5.41, 5.74) is 0.340. The van der Waals surface area contributed by atoms with Crippen LogP contribution in [0.3, 0.4) is 0 Å². The smallest absolute Gasteiger partial charge is 0.337 e. The maximum absolute atomic E-state index is 11.6. The second-order valence-electron chi connectivity index (χ2n) is 3.71. The standard InChI is InChI=1S/C12H11N3O4/c1-19-10-4-5-11(16)15(14-10)7-9-3-2-8(6-13-9)12(17)18/h2-6H,7H2,1H3,(H,17,18). The Morgan fingerprint density at radius 3 is 2.74 bits per heavy atom. The minimum atomic E-state index is -1.05. The molecule has 1 N–H and O–H groups in total. The molecule has 0 radical (unpaired) electrons. The van der Waals surface area contributed by atoms with Gasteiger partial charge in [0.1, 0.15) is 0 Å². The van der Waals surface area contributed by atoms with Crippen LogP contribution in [-0.4, -0.2) is 33.0 Å². The number of hydrogen-bond acceptors (Lipinski definition) is 5. The molecule has 98 valence electrons. The number of methoxy groups -OCH3 is 1. The summed E-state index contributed by atoms with van der Waals surface area (Å²) >= 11 is 0. The number of aromatic carboxylic acids is 1. The van der Waals surface area contributed by atoms with Gasteiger partial charge < -0.3 is 9.84 Å². The Kier molecular flexibility index (Phi) is 3.56. The fraction of sp³-hybridized carbons (Fsp3) is 0.167. The Labute approximate surface area is 108 Å². The molecule has 7 heteroatoms. The van der Waals surface area contributed by atoms with E-state index in [0.29, 0.717) is 11.6 Å². The van der Waals surface area contributed by atoms with Crippen molar-refractivity contribution < 1.29 is 14.6 Å². The molecule has 0 bridgehead atoms. The van der Waals surface area contributed by atoms with Crippen molar-refractivity contribution in [2.45, 2.75) is 6.54 Å². The highest BCUT2D eigenvalue weighted by atomic mass is 16.5. The molecule has 0 spiro atoms. The second-order valence-corrected chi connectivity index (χ2v) is 3.71. The maximum atomic E-state index is 11.6. The van der Waals surface area contributed by atoms with E-state index >= 15 is 0 Å². The second kappa shape index (κ2) is 5.30. The van der Waals surface area contributed by atoms with E-state index in [0.717, 1.165) is 0 Å². The average Bonchev–Trinajstić information content (AvgIpc) is 2.42. The van der Waals surface area contributed by atoms with Crippen molar-refractivity contribution in [1.29, 1.82) is 0 Å². The number of carboxylic acids is 1. The van der Waals surface area contributed by atoms with Crippen LogP contribution in [0.1, 0.15) is 16.1 Å². The topological polar surface area (TPSA) is 94.3 Å². The van der Waals surface area contributed by atoms with Gasteiger partial charge in [-0.25, -0.2) is 9.48 Å². The molecular weight excluding hydrogens is 250 g/mol. The summed E-state index contributed by atoms with van der Waals surface area (Å²) in [6.45, 7) is 0.149. The van der Waals surface area contributed by atoms with Crippen LogP contribution in [0, 0.1) is 0 Å². The number of carbonyl (C=O) groups is 1. The van der Waals surface area contributed by atoms with Crippen LogP contribution in [-0.2, 0) is 6.54 Å². The number of ether oxygens (including phenoxy) is 1. The zero-order chi connectivity index (χ0) is 13.8. The minimum absolute atomic E-state index is 0.0923. The molecule has 2 rings (SSSR count). The Morgan fingerprint density at radius 2 is 2.16 bits per heavy atom. The number of carboxylic acid groups (broad SMARTS) is 1. The van der Waals surface area contributed by atoms with E-state index in [1.54, 1.807) is 0 Å². The van der Waals surface area contributed by atoms with Crippen LogP contribution in [0.4, 0.5) is 0 Å². The molecule has 0 aromatic carbocycles. The van der Waals surface area contributed by atoms with Gasteiger partial charge in [0.05, 0.1) is 24.9 Å². The van der Waals surface area contributed by atoms with Crippen molar-refractivity contribution in [3.63, 3.8) is 0 Å². The number of pyridine rings is 1. The van der Waals surface area contributed by atoms with Crippen LogP contribution in [0.15, 0.2) is 35.3 Å². The third kappa shape index (κ3) is 2.95. The molecule has 0 unspecified atom stereocenters. The first kappa shape index (κ1) is 12.7. The van der Waals surface area contributed by atoms with E-state index in [4.69, 9.17) is 9.84 Å². The summed E-state index contributed by atoms with van der Waals surface area (Å²) in [5, 5.41) is 12.7. The normalized spacial score (nSPS) is 10.2. The number of rotatable bonds is 4. The van der Waals surface area contributed by atoms with Crippen molar-refractivity contribution in [2.24, 2.45) is 0 Å². The van der Waals surface area contributed by atoms with E-state index in [9.17, 15) is 9.59 Å². The van der Waals surface area contributed by atoms with Gasteiger partial charge in [-0.3, -0.25) is 9.78 Å². The number of aromatic nitrogens is 3. The van der Waals surface area contributed by atoms with Crippen LogP contribution in [0.25, 0.3) is 0 Å². The van der Waals surface area contributed by atoms with Crippen LogP contribution in [0.5, 0.6) is 5.88 Å². The third-order valence-corrected chi connectivity index (χ3v) is 2.43. The van der Waals surface area contributed by atoms with E-state index in [1.165, 1.54) is 42.3 Å². The predicted octanol–water partition coefficient (Wildman–Crippen LogP) is 0.393. The quantitative estimate of drug-likeness (QED) is 0.855. The lowest BCUT2D eigenvalue weighted by atomic mass is 10.2. The van der Waals surface area contributed by atoms with Crippen molar-refractivity contribution in [3.8, 4) is 5.88 Å². The largest absolute Gasteiger partial charge is 0.480 e. The Morgan fingerprint density at radius 1 is 1.37 bits per heavy atom. The number of hydrogen-bond donors (Lipinski definition) is 1. The monoisotopic (exact) mass is 261 g/mol. The summed E-state index contributed by atoms with van der Waals surface area (Å²) in [6.07, 6.45) is 1.24. The lowest BCUT2D eigenvalue weighted by Gasteiger charge is -2.05. The number of nitrogens with zero attached hydrogens (tertiary/aromatic N) is 3. The molecule has 2 aromatic rings. The summed E-state index contributed by atoms with van der Waals surface area (Å²) in [6, 6.07) is 5.78. The SMILES string of the molecule is COc1ccc(=O)n(Cc2ccc(C(=O)O)cn2)n1. The van der Waals surface area contributed by atoms with E-state index in [1.807, 2.05) is 0 Å². The van der Waals surface area contributed by atoms with Crippen LogP contribution in [0.2, 0.25) is 0 Å². The van der Waals surface area contributed by atoms with Crippen molar-refractivity contribution in [3.05, 3.63) is 52.1 Å². The van der Waals surface area contributed by atoms with Gasteiger partial charge in [-0.1, -0.05) is 0 Å². The van der Waals surface area contributed by atoms with Gasteiger partial charge >= 0.3 is 5.97 Å². The minimum Gasteiger partial charge on any atom is -0.480 e. The Balaban J connectivity index is 2.25. The third-order valence-electron chi connectivity index (χ3n) is 2.43. The van der Waals surface area contributed by atoms with Gasteiger partial charge in [-0.05, 0) is 12.1 Å². The average molecular weight is 261 g/mol.